The Hall–Kier alpha value is -0.0000000000000000555. The van der Waals surface area contributed by atoms with Crippen molar-refractivity contribution in [2.75, 3.05) is 19.7 Å². The summed E-state index contributed by atoms with van der Waals surface area (Å²) in [5.41, 5.74) is 0. The molecule has 0 aromatic carbocycles. The zero-order chi connectivity index (χ0) is 7.33. The van der Waals surface area contributed by atoms with Gasteiger partial charge in [0.25, 0.3) is 0 Å². The summed E-state index contributed by atoms with van der Waals surface area (Å²) in [6.07, 6.45) is -4.17. The Bertz CT molecular complexity index is 77.4. The third-order valence-electron chi connectivity index (χ3n) is 0.614. The van der Waals surface area contributed by atoms with Crippen molar-refractivity contribution in [3.63, 3.8) is 0 Å². The van der Waals surface area contributed by atoms with Gasteiger partial charge < -0.3 is 10.4 Å². The van der Waals surface area contributed by atoms with Crippen molar-refractivity contribution in [2.45, 2.75) is 6.18 Å². The van der Waals surface area contributed by atoms with Crippen LogP contribution in [0.3, 0.4) is 0 Å². The molecule has 0 radical (unpaired) electrons. The average molecular weight is 180 g/mol. The average Bonchev–Trinajstić information content (AvgIpc) is 1.63. The second kappa shape index (κ2) is 5.76. The summed E-state index contributed by atoms with van der Waals surface area (Å²) in [5, 5.41) is 10.0. The largest absolute Gasteiger partial charge is 0.401 e. The predicted octanol–water partition coefficient (Wildman–Crippen LogP) is 0.552. The molecule has 0 aromatic heterocycles. The first-order valence-corrected chi connectivity index (χ1v) is 2.44. The fraction of sp³-hybridized carbons (Fsp3) is 1.00. The van der Waals surface area contributed by atoms with Crippen molar-refractivity contribution >= 4 is 12.4 Å². The SMILES string of the molecule is Cl.OCCNCC(F)(F)F. The minimum Gasteiger partial charge on any atom is -0.395 e. The van der Waals surface area contributed by atoms with E-state index >= 15 is 0 Å². The van der Waals surface area contributed by atoms with E-state index < -0.39 is 12.7 Å². The molecule has 0 bridgehead atoms. The highest BCUT2D eigenvalue weighted by atomic mass is 35.5. The molecule has 64 valence electrons. The summed E-state index contributed by atoms with van der Waals surface area (Å²) < 4.78 is 33.7. The molecule has 0 aromatic rings. The van der Waals surface area contributed by atoms with Crippen molar-refractivity contribution in [2.24, 2.45) is 0 Å². The van der Waals surface area contributed by atoms with Crippen molar-refractivity contribution < 1.29 is 18.3 Å². The number of aliphatic hydroxyl groups excluding tert-OH is 1. The van der Waals surface area contributed by atoms with Crippen molar-refractivity contribution in [1.82, 2.24) is 5.32 Å². The summed E-state index contributed by atoms with van der Waals surface area (Å²) in [6.45, 7) is -1.32. The molecule has 0 aliphatic carbocycles. The Morgan fingerprint density at radius 1 is 1.30 bits per heavy atom. The topological polar surface area (TPSA) is 32.3 Å². The molecule has 0 amide bonds. The van der Waals surface area contributed by atoms with Crippen LogP contribution in [-0.4, -0.2) is 31.0 Å². The molecule has 0 aliphatic rings. The van der Waals surface area contributed by atoms with Gasteiger partial charge in [-0.25, -0.2) is 0 Å². The summed E-state index contributed by atoms with van der Waals surface area (Å²) in [7, 11) is 0. The molecule has 2 nitrogen and oxygen atoms in total. The highest BCUT2D eigenvalue weighted by molar-refractivity contribution is 5.85. The second-order valence-corrected chi connectivity index (χ2v) is 1.52. The van der Waals surface area contributed by atoms with Crippen LogP contribution < -0.4 is 5.32 Å². The minimum absolute atomic E-state index is 0. The molecule has 10 heavy (non-hydrogen) atoms. The maximum absolute atomic E-state index is 11.2. The predicted molar refractivity (Wildman–Crippen MR) is 33.3 cm³/mol. The maximum atomic E-state index is 11.2. The second-order valence-electron chi connectivity index (χ2n) is 1.52. The molecule has 0 unspecified atom stereocenters. The van der Waals surface area contributed by atoms with Gasteiger partial charge in [-0.05, 0) is 0 Å². The van der Waals surface area contributed by atoms with Crippen LogP contribution in [0.5, 0.6) is 0 Å². The van der Waals surface area contributed by atoms with Crippen molar-refractivity contribution in [1.29, 1.82) is 0 Å². The molecule has 0 saturated carbocycles. The zero-order valence-electron chi connectivity index (χ0n) is 5.11. The molecule has 0 spiro atoms. The van der Waals surface area contributed by atoms with E-state index in [0.29, 0.717) is 0 Å². The third-order valence-corrected chi connectivity index (χ3v) is 0.614. The maximum Gasteiger partial charge on any atom is 0.401 e. The van der Waals surface area contributed by atoms with Crippen molar-refractivity contribution in [3.8, 4) is 0 Å². The van der Waals surface area contributed by atoms with Crippen LogP contribution in [0.15, 0.2) is 0 Å². The Morgan fingerprint density at radius 2 is 1.80 bits per heavy atom. The molecule has 6 heteroatoms. The fourth-order valence-corrected chi connectivity index (χ4v) is 0.309. The summed E-state index contributed by atoms with van der Waals surface area (Å²) in [6, 6.07) is 0. The number of rotatable bonds is 3. The lowest BCUT2D eigenvalue weighted by atomic mass is 10.6. The van der Waals surface area contributed by atoms with Crippen LogP contribution in [0, 0.1) is 0 Å². The number of hydrogen-bond acceptors (Lipinski definition) is 2. The third kappa shape index (κ3) is 10.9. The van der Waals surface area contributed by atoms with E-state index in [1.807, 2.05) is 5.32 Å². The molecule has 0 aliphatic heterocycles. The lowest BCUT2D eigenvalue weighted by Gasteiger charge is -2.05. The Labute approximate surface area is 62.8 Å². The van der Waals surface area contributed by atoms with E-state index in [1.54, 1.807) is 0 Å². The van der Waals surface area contributed by atoms with Crippen LogP contribution in [0.25, 0.3) is 0 Å². The first kappa shape index (κ1) is 12.7. The van der Waals surface area contributed by atoms with Gasteiger partial charge in [0, 0.05) is 6.54 Å². The van der Waals surface area contributed by atoms with Gasteiger partial charge in [0.15, 0.2) is 0 Å². The minimum atomic E-state index is -4.17. The van der Waals surface area contributed by atoms with Crippen LogP contribution >= 0.6 is 12.4 Å². The molecule has 0 fully saturated rings. The van der Waals surface area contributed by atoms with E-state index in [1.165, 1.54) is 0 Å². The molecule has 0 heterocycles. The van der Waals surface area contributed by atoms with Crippen LogP contribution in [-0.2, 0) is 0 Å². The number of halogens is 4. The number of nitrogens with one attached hydrogen (secondary N) is 1. The van der Waals surface area contributed by atoms with Crippen molar-refractivity contribution in [3.05, 3.63) is 0 Å². The highest BCUT2D eigenvalue weighted by Gasteiger charge is 2.25. The smallest absolute Gasteiger partial charge is 0.395 e. The number of aliphatic hydroxyl groups is 1. The lowest BCUT2D eigenvalue weighted by molar-refractivity contribution is -0.124. The van der Waals surface area contributed by atoms with Gasteiger partial charge in [-0.2, -0.15) is 13.2 Å². The Morgan fingerprint density at radius 3 is 2.10 bits per heavy atom. The Kier molecular flexibility index (Phi) is 7.29. The molecule has 0 saturated heterocycles. The van der Waals surface area contributed by atoms with Gasteiger partial charge >= 0.3 is 6.18 Å². The molecular weight excluding hydrogens is 170 g/mol. The molecule has 2 N–H and O–H groups in total. The Balaban J connectivity index is 0. The quantitative estimate of drug-likeness (QED) is 0.621. The highest BCUT2D eigenvalue weighted by Crippen LogP contribution is 2.11. The normalized spacial score (nSPS) is 10.8. The first-order valence-electron chi connectivity index (χ1n) is 2.44. The lowest BCUT2D eigenvalue weighted by Crippen LogP contribution is -2.30. The van der Waals surface area contributed by atoms with Crippen LogP contribution in [0.1, 0.15) is 0 Å². The molecular formula is C4H9ClF3NO. The van der Waals surface area contributed by atoms with Gasteiger partial charge in [-0.3, -0.25) is 0 Å². The number of alkyl halides is 3. The first-order chi connectivity index (χ1) is 4.06. The van der Waals surface area contributed by atoms with Gasteiger partial charge in [-0.1, -0.05) is 0 Å². The summed E-state index contributed by atoms with van der Waals surface area (Å²) in [5.74, 6) is 0. The van der Waals surface area contributed by atoms with Crippen LogP contribution in [0.2, 0.25) is 0 Å². The van der Waals surface area contributed by atoms with Gasteiger partial charge in [0.1, 0.15) is 0 Å². The standard InChI is InChI=1S/C4H8F3NO.ClH/c5-4(6,7)3-8-1-2-9;/h8-9H,1-3H2;1H. The van der Waals surface area contributed by atoms with Crippen LogP contribution in [0.4, 0.5) is 13.2 Å². The number of hydrogen-bond donors (Lipinski definition) is 2. The molecule has 0 atom stereocenters. The van der Waals surface area contributed by atoms with Gasteiger partial charge in [0.05, 0.1) is 13.2 Å². The van der Waals surface area contributed by atoms with E-state index in [4.69, 9.17) is 5.11 Å². The van der Waals surface area contributed by atoms with E-state index in [0.717, 1.165) is 0 Å². The monoisotopic (exact) mass is 179 g/mol. The summed E-state index contributed by atoms with van der Waals surface area (Å²) in [4.78, 5) is 0. The fourth-order valence-electron chi connectivity index (χ4n) is 0.309. The van der Waals surface area contributed by atoms with E-state index in [2.05, 4.69) is 0 Å². The van der Waals surface area contributed by atoms with E-state index in [-0.39, 0.29) is 25.6 Å². The van der Waals surface area contributed by atoms with Gasteiger partial charge in [-0.15, -0.1) is 12.4 Å². The van der Waals surface area contributed by atoms with E-state index in [9.17, 15) is 13.2 Å². The zero-order valence-corrected chi connectivity index (χ0v) is 5.93. The van der Waals surface area contributed by atoms with Gasteiger partial charge in [0.2, 0.25) is 0 Å². The molecule has 0 rings (SSSR count). The summed E-state index contributed by atoms with van der Waals surface area (Å²) >= 11 is 0.